The van der Waals surface area contributed by atoms with Crippen molar-refractivity contribution in [2.45, 2.75) is 44.7 Å². The number of benzene rings is 1. The van der Waals surface area contributed by atoms with Gasteiger partial charge in [0.2, 0.25) is 0 Å². The van der Waals surface area contributed by atoms with Crippen molar-refractivity contribution in [3.63, 3.8) is 0 Å². The molecule has 0 radical (unpaired) electrons. The molecule has 1 aliphatic carbocycles. The van der Waals surface area contributed by atoms with Crippen LogP contribution in [0.3, 0.4) is 0 Å². The number of aromatic nitrogens is 3. The van der Waals surface area contributed by atoms with Gasteiger partial charge in [-0.05, 0) is 36.8 Å². The molecule has 1 aromatic carbocycles. The molecule has 0 fully saturated rings. The van der Waals surface area contributed by atoms with Crippen LogP contribution in [0, 0.1) is 0 Å². The Bertz CT molecular complexity index is 1230. The third kappa shape index (κ3) is 3.81. The monoisotopic (exact) mass is 433 g/mol. The second-order valence-electron chi connectivity index (χ2n) is 8.24. The molecule has 2 aromatic heterocycles. The molecule has 3 heterocycles. The second-order valence-corrected chi connectivity index (χ2v) is 8.24. The molecular weight excluding hydrogens is 410 g/mol. The highest BCUT2D eigenvalue weighted by Crippen LogP contribution is 2.29. The number of fused-ring (bicyclic) bond motifs is 2. The number of nitrogens with zero attached hydrogens (tertiary/aromatic N) is 3. The third-order valence-corrected chi connectivity index (χ3v) is 6.19. The first-order chi connectivity index (χ1) is 15.6. The fraction of sp³-hybridized carbons (Fsp3) is 0.348. The average molecular weight is 433 g/mol. The van der Waals surface area contributed by atoms with Crippen LogP contribution < -0.4 is 10.9 Å². The minimum atomic E-state index is -0.447. The normalized spacial score (nSPS) is 17.4. The molecule has 1 atom stereocenters. The van der Waals surface area contributed by atoms with Gasteiger partial charge < -0.3 is 14.7 Å². The largest absolute Gasteiger partial charge is 0.360 e. The molecule has 2 N–H and O–H groups in total. The van der Waals surface area contributed by atoms with Crippen molar-refractivity contribution < 1.29 is 14.1 Å². The molecule has 9 heteroatoms. The van der Waals surface area contributed by atoms with Gasteiger partial charge in [0.25, 0.3) is 17.4 Å². The maximum absolute atomic E-state index is 13.5. The van der Waals surface area contributed by atoms with Crippen LogP contribution in [-0.4, -0.2) is 44.7 Å². The van der Waals surface area contributed by atoms with Crippen LogP contribution in [0.15, 0.2) is 45.8 Å². The molecule has 0 spiro atoms. The lowest BCUT2D eigenvalue weighted by Crippen LogP contribution is -2.50. The van der Waals surface area contributed by atoms with Crippen molar-refractivity contribution in [1.82, 2.24) is 25.6 Å². The van der Waals surface area contributed by atoms with E-state index in [0.29, 0.717) is 18.7 Å². The summed E-state index contributed by atoms with van der Waals surface area (Å²) in [6, 6.07) is 8.94. The zero-order valence-electron chi connectivity index (χ0n) is 17.5. The van der Waals surface area contributed by atoms with Gasteiger partial charge in [0.15, 0.2) is 5.69 Å². The fourth-order valence-electron chi connectivity index (χ4n) is 4.51. The standard InChI is InChI=1S/C23H23N5O4/c29-20-10-16(11-25-26-20)22(30)24-12-17-9-14-5-1-2-6-15(14)13-28(17)23(31)21-18-7-3-4-8-19(18)32-27-21/h1-2,5-6,10-11,17H,3-4,7-9,12-13H2,(H,24,30)(H,26,29). The van der Waals surface area contributed by atoms with Crippen LogP contribution in [0.4, 0.5) is 0 Å². The van der Waals surface area contributed by atoms with E-state index in [2.05, 4.69) is 20.7 Å². The van der Waals surface area contributed by atoms with Crippen molar-refractivity contribution in [3.8, 4) is 0 Å². The summed E-state index contributed by atoms with van der Waals surface area (Å²) in [6.45, 7) is 0.676. The maximum atomic E-state index is 13.5. The SMILES string of the molecule is O=C(NCC1Cc2ccccc2CN1C(=O)c1noc2c1CCCC2)c1cn[nH]c(=O)c1. The molecule has 0 saturated carbocycles. The van der Waals surface area contributed by atoms with Gasteiger partial charge in [-0.25, -0.2) is 5.10 Å². The number of aromatic amines is 1. The lowest BCUT2D eigenvalue weighted by Gasteiger charge is -2.37. The Balaban J connectivity index is 1.40. The van der Waals surface area contributed by atoms with E-state index in [4.69, 9.17) is 4.52 Å². The molecule has 164 valence electrons. The van der Waals surface area contributed by atoms with E-state index >= 15 is 0 Å². The predicted molar refractivity (Wildman–Crippen MR) is 114 cm³/mol. The van der Waals surface area contributed by atoms with Crippen LogP contribution in [0.1, 0.15) is 56.1 Å². The molecule has 2 amide bonds. The van der Waals surface area contributed by atoms with E-state index in [1.165, 1.54) is 12.3 Å². The number of amides is 2. The highest BCUT2D eigenvalue weighted by molar-refractivity contribution is 5.95. The van der Waals surface area contributed by atoms with Gasteiger partial charge in [-0.2, -0.15) is 5.10 Å². The average Bonchev–Trinajstić information content (AvgIpc) is 3.25. The minimum absolute atomic E-state index is 0.174. The van der Waals surface area contributed by atoms with Crippen molar-refractivity contribution in [1.29, 1.82) is 0 Å². The highest BCUT2D eigenvalue weighted by Gasteiger charge is 2.34. The van der Waals surface area contributed by atoms with Crippen LogP contribution in [0.2, 0.25) is 0 Å². The van der Waals surface area contributed by atoms with Crippen molar-refractivity contribution >= 4 is 11.8 Å². The van der Waals surface area contributed by atoms with Crippen molar-refractivity contribution in [3.05, 3.63) is 80.6 Å². The summed E-state index contributed by atoms with van der Waals surface area (Å²) in [5.74, 6) is 0.223. The molecule has 3 aromatic rings. The first-order valence-electron chi connectivity index (χ1n) is 10.8. The lowest BCUT2D eigenvalue weighted by molar-refractivity contribution is 0.0617. The molecule has 2 aliphatic rings. The van der Waals surface area contributed by atoms with Crippen molar-refractivity contribution in [2.24, 2.45) is 0 Å². The third-order valence-electron chi connectivity index (χ3n) is 6.19. The Morgan fingerprint density at radius 3 is 2.84 bits per heavy atom. The Morgan fingerprint density at radius 2 is 2.00 bits per heavy atom. The number of rotatable bonds is 4. The Morgan fingerprint density at radius 1 is 1.19 bits per heavy atom. The van der Waals surface area contributed by atoms with E-state index in [0.717, 1.165) is 48.1 Å². The summed E-state index contributed by atoms with van der Waals surface area (Å²) in [5.41, 5.74) is 3.26. The lowest BCUT2D eigenvalue weighted by atomic mass is 9.92. The number of H-pyrrole nitrogens is 1. The van der Waals surface area contributed by atoms with Gasteiger partial charge >= 0.3 is 0 Å². The number of carbonyl (C=O) groups excluding carboxylic acids is 2. The van der Waals surface area contributed by atoms with E-state index in [1.54, 1.807) is 4.90 Å². The molecule has 9 nitrogen and oxygen atoms in total. The first kappa shape index (κ1) is 20.2. The molecule has 0 bridgehead atoms. The molecule has 32 heavy (non-hydrogen) atoms. The van der Waals surface area contributed by atoms with E-state index in [1.807, 2.05) is 24.3 Å². The molecule has 5 rings (SSSR count). The Hall–Kier alpha value is -3.75. The molecule has 1 aliphatic heterocycles. The smallest absolute Gasteiger partial charge is 0.276 e. The van der Waals surface area contributed by atoms with Crippen LogP contribution in [0.5, 0.6) is 0 Å². The van der Waals surface area contributed by atoms with Gasteiger partial charge in [-0.1, -0.05) is 29.4 Å². The first-order valence-corrected chi connectivity index (χ1v) is 10.8. The summed E-state index contributed by atoms with van der Waals surface area (Å²) < 4.78 is 5.46. The summed E-state index contributed by atoms with van der Waals surface area (Å²) in [6.07, 6.45) is 5.57. The van der Waals surface area contributed by atoms with Gasteiger partial charge in [-0.3, -0.25) is 14.4 Å². The van der Waals surface area contributed by atoms with Crippen LogP contribution in [-0.2, 0) is 25.8 Å². The van der Waals surface area contributed by atoms with E-state index in [-0.39, 0.29) is 24.1 Å². The predicted octanol–water partition coefficient (Wildman–Crippen LogP) is 1.63. The van der Waals surface area contributed by atoms with Gasteiger partial charge in [0, 0.05) is 31.1 Å². The molecular formula is C23H23N5O4. The Labute approximate surface area is 183 Å². The molecule has 1 unspecified atom stereocenters. The zero-order valence-corrected chi connectivity index (χ0v) is 17.5. The van der Waals surface area contributed by atoms with Gasteiger partial charge in [0.1, 0.15) is 5.76 Å². The van der Waals surface area contributed by atoms with E-state index in [9.17, 15) is 14.4 Å². The number of aryl methyl sites for hydroxylation is 1. The number of hydrogen-bond acceptors (Lipinski definition) is 6. The number of hydrogen-bond donors (Lipinski definition) is 2. The topological polar surface area (TPSA) is 121 Å². The van der Waals surface area contributed by atoms with E-state index < -0.39 is 11.5 Å². The number of carbonyl (C=O) groups is 2. The molecule has 0 saturated heterocycles. The maximum Gasteiger partial charge on any atom is 0.276 e. The Kier molecular flexibility index (Phi) is 5.30. The van der Waals surface area contributed by atoms with Crippen LogP contribution in [0.25, 0.3) is 0 Å². The van der Waals surface area contributed by atoms with Gasteiger partial charge in [-0.15, -0.1) is 0 Å². The van der Waals surface area contributed by atoms with Crippen molar-refractivity contribution in [2.75, 3.05) is 6.54 Å². The minimum Gasteiger partial charge on any atom is -0.360 e. The summed E-state index contributed by atoms with van der Waals surface area (Å²) in [4.78, 5) is 39.3. The number of nitrogens with one attached hydrogen (secondary N) is 2. The summed E-state index contributed by atoms with van der Waals surface area (Å²) >= 11 is 0. The second kappa shape index (κ2) is 8.41. The van der Waals surface area contributed by atoms with Gasteiger partial charge in [0.05, 0.1) is 17.8 Å². The quantitative estimate of drug-likeness (QED) is 0.645. The summed E-state index contributed by atoms with van der Waals surface area (Å²) in [5, 5.41) is 12.9. The zero-order chi connectivity index (χ0) is 22.1. The fourth-order valence-corrected chi connectivity index (χ4v) is 4.51. The highest BCUT2D eigenvalue weighted by atomic mass is 16.5. The van der Waals surface area contributed by atoms with Crippen LogP contribution >= 0.6 is 0 Å². The summed E-state index contributed by atoms with van der Waals surface area (Å²) in [7, 11) is 0.